The molecule has 1 aliphatic carbocycles. The molecule has 0 radical (unpaired) electrons. The van der Waals surface area contributed by atoms with Crippen molar-refractivity contribution in [1.82, 2.24) is 9.97 Å². The molecule has 0 fully saturated rings. The van der Waals surface area contributed by atoms with E-state index in [2.05, 4.69) is 17.4 Å². The van der Waals surface area contributed by atoms with Crippen LogP contribution >= 0.6 is 0 Å². The predicted octanol–water partition coefficient (Wildman–Crippen LogP) is 4.80. The standard InChI is InChI=1S/C26H21N3O2/c30-20-13-10-17(11-14-20)16-23(31)28-26-24(19-7-2-1-3-8-19)29-25-21-9-5-4-6-18(21)12-15-22(25)27-26/h1-11,13-14,30H,12,15-16H2,(H,27,28,31). The Balaban J connectivity index is 1.53. The number of amides is 1. The Labute approximate surface area is 180 Å². The van der Waals surface area contributed by atoms with Crippen molar-refractivity contribution in [3.05, 3.63) is 95.7 Å². The lowest BCUT2D eigenvalue weighted by atomic mass is 9.91. The van der Waals surface area contributed by atoms with Crippen molar-refractivity contribution in [2.24, 2.45) is 0 Å². The molecule has 3 aromatic carbocycles. The van der Waals surface area contributed by atoms with E-state index in [4.69, 9.17) is 9.97 Å². The van der Waals surface area contributed by atoms with E-state index in [1.165, 1.54) is 5.56 Å². The smallest absolute Gasteiger partial charge is 0.230 e. The first kappa shape index (κ1) is 19.0. The number of nitrogens with zero attached hydrogens (tertiary/aromatic N) is 2. The number of hydrogen-bond donors (Lipinski definition) is 2. The minimum Gasteiger partial charge on any atom is -0.508 e. The lowest BCUT2D eigenvalue weighted by molar-refractivity contribution is -0.115. The van der Waals surface area contributed by atoms with Gasteiger partial charge in [-0.1, -0.05) is 66.7 Å². The SMILES string of the molecule is O=C(Cc1ccc(O)cc1)Nc1nc2c(nc1-c1ccccc1)-c1ccccc1CC2. The average molecular weight is 407 g/mol. The Kier molecular flexibility index (Phi) is 4.92. The van der Waals surface area contributed by atoms with Crippen molar-refractivity contribution >= 4 is 11.7 Å². The van der Waals surface area contributed by atoms with E-state index in [1.54, 1.807) is 24.3 Å². The maximum atomic E-state index is 12.8. The molecule has 5 heteroatoms. The van der Waals surface area contributed by atoms with Crippen LogP contribution in [0.4, 0.5) is 5.82 Å². The lowest BCUT2D eigenvalue weighted by Crippen LogP contribution is -2.18. The van der Waals surface area contributed by atoms with Gasteiger partial charge in [0.05, 0.1) is 17.8 Å². The molecule has 1 amide bonds. The van der Waals surface area contributed by atoms with Crippen molar-refractivity contribution in [2.45, 2.75) is 19.3 Å². The third kappa shape index (κ3) is 3.90. The summed E-state index contributed by atoms with van der Waals surface area (Å²) in [4.78, 5) is 22.6. The largest absolute Gasteiger partial charge is 0.508 e. The highest BCUT2D eigenvalue weighted by Crippen LogP contribution is 2.35. The van der Waals surface area contributed by atoms with E-state index in [9.17, 15) is 9.90 Å². The van der Waals surface area contributed by atoms with Crippen molar-refractivity contribution in [3.63, 3.8) is 0 Å². The summed E-state index contributed by atoms with van der Waals surface area (Å²) in [7, 11) is 0. The molecular formula is C26H21N3O2. The van der Waals surface area contributed by atoms with Gasteiger partial charge in [0.1, 0.15) is 11.4 Å². The van der Waals surface area contributed by atoms with Crippen LogP contribution in [0, 0.1) is 0 Å². The van der Waals surface area contributed by atoms with Crippen LogP contribution in [0.1, 0.15) is 16.8 Å². The van der Waals surface area contributed by atoms with Gasteiger partial charge in [-0.25, -0.2) is 9.97 Å². The van der Waals surface area contributed by atoms with E-state index in [1.807, 2.05) is 42.5 Å². The molecular weight excluding hydrogens is 386 g/mol. The van der Waals surface area contributed by atoms with Gasteiger partial charge in [-0.05, 0) is 36.1 Å². The number of carbonyl (C=O) groups excluding carboxylic acids is 1. The molecule has 0 unspecified atom stereocenters. The molecule has 0 spiro atoms. The third-order valence-corrected chi connectivity index (χ3v) is 5.48. The molecule has 0 saturated heterocycles. The molecule has 5 rings (SSSR count). The molecule has 2 N–H and O–H groups in total. The summed E-state index contributed by atoms with van der Waals surface area (Å²) in [5.74, 6) is 0.484. The summed E-state index contributed by atoms with van der Waals surface area (Å²) < 4.78 is 0. The second-order valence-electron chi connectivity index (χ2n) is 7.63. The first-order valence-electron chi connectivity index (χ1n) is 10.3. The molecule has 1 aromatic heterocycles. The van der Waals surface area contributed by atoms with E-state index in [-0.39, 0.29) is 18.1 Å². The fourth-order valence-corrected chi connectivity index (χ4v) is 3.94. The van der Waals surface area contributed by atoms with Crippen LogP contribution in [0.2, 0.25) is 0 Å². The van der Waals surface area contributed by atoms with E-state index >= 15 is 0 Å². The van der Waals surface area contributed by atoms with Crippen molar-refractivity contribution in [2.75, 3.05) is 5.32 Å². The number of phenolic OH excluding ortho intramolecular Hbond substituents is 1. The zero-order valence-corrected chi connectivity index (χ0v) is 16.9. The minimum atomic E-state index is -0.173. The average Bonchev–Trinajstić information content (AvgIpc) is 2.80. The number of anilines is 1. The van der Waals surface area contributed by atoms with Crippen LogP contribution in [-0.4, -0.2) is 21.0 Å². The van der Waals surface area contributed by atoms with Gasteiger partial charge in [0, 0.05) is 11.1 Å². The van der Waals surface area contributed by atoms with Crippen LogP contribution in [-0.2, 0) is 24.1 Å². The molecule has 152 valence electrons. The Bertz CT molecular complexity index is 1250. The second kappa shape index (κ2) is 8.03. The van der Waals surface area contributed by atoms with E-state index in [0.29, 0.717) is 11.5 Å². The molecule has 0 atom stereocenters. The van der Waals surface area contributed by atoms with Crippen molar-refractivity contribution in [1.29, 1.82) is 0 Å². The van der Waals surface area contributed by atoms with Crippen LogP contribution < -0.4 is 5.32 Å². The topological polar surface area (TPSA) is 75.1 Å². The Hall–Kier alpha value is -3.99. The number of phenols is 1. The summed E-state index contributed by atoms with van der Waals surface area (Å²) in [6, 6.07) is 24.7. The van der Waals surface area contributed by atoms with E-state index in [0.717, 1.165) is 40.9 Å². The number of rotatable bonds is 4. The summed E-state index contributed by atoms with van der Waals surface area (Å²) >= 11 is 0. The maximum absolute atomic E-state index is 12.8. The van der Waals surface area contributed by atoms with Crippen molar-refractivity contribution in [3.8, 4) is 28.3 Å². The number of fused-ring (bicyclic) bond motifs is 3. The number of nitrogens with one attached hydrogen (secondary N) is 1. The third-order valence-electron chi connectivity index (χ3n) is 5.48. The highest BCUT2D eigenvalue weighted by Gasteiger charge is 2.22. The number of hydrogen-bond acceptors (Lipinski definition) is 4. The molecule has 1 aliphatic rings. The van der Waals surface area contributed by atoms with Crippen LogP contribution in [0.25, 0.3) is 22.5 Å². The number of aromatic hydroxyl groups is 1. The summed E-state index contributed by atoms with van der Waals surface area (Å²) in [6.07, 6.45) is 1.88. The highest BCUT2D eigenvalue weighted by molar-refractivity contribution is 5.95. The van der Waals surface area contributed by atoms with Crippen LogP contribution in [0.3, 0.4) is 0 Å². The molecule has 0 bridgehead atoms. The Morgan fingerprint density at radius 2 is 1.58 bits per heavy atom. The molecule has 0 saturated carbocycles. The quantitative estimate of drug-likeness (QED) is 0.510. The van der Waals surface area contributed by atoms with Gasteiger partial charge >= 0.3 is 0 Å². The zero-order chi connectivity index (χ0) is 21.2. The first-order chi connectivity index (χ1) is 15.2. The molecule has 1 heterocycles. The van der Waals surface area contributed by atoms with Gasteiger partial charge in [-0.15, -0.1) is 0 Å². The monoisotopic (exact) mass is 407 g/mol. The molecule has 0 aliphatic heterocycles. The number of aryl methyl sites for hydroxylation is 2. The molecule has 4 aromatic rings. The van der Waals surface area contributed by atoms with E-state index < -0.39 is 0 Å². The summed E-state index contributed by atoms with van der Waals surface area (Å²) in [5.41, 5.74) is 6.55. The normalized spacial score (nSPS) is 12.0. The zero-order valence-electron chi connectivity index (χ0n) is 16.9. The van der Waals surface area contributed by atoms with Gasteiger partial charge in [0.25, 0.3) is 0 Å². The van der Waals surface area contributed by atoms with Gasteiger partial charge in [0.2, 0.25) is 5.91 Å². The van der Waals surface area contributed by atoms with Crippen LogP contribution in [0.15, 0.2) is 78.9 Å². The maximum Gasteiger partial charge on any atom is 0.230 e. The van der Waals surface area contributed by atoms with Crippen LogP contribution in [0.5, 0.6) is 5.75 Å². The van der Waals surface area contributed by atoms with Crippen molar-refractivity contribution < 1.29 is 9.90 Å². The fourth-order valence-electron chi connectivity index (χ4n) is 3.94. The predicted molar refractivity (Wildman–Crippen MR) is 121 cm³/mol. The second-order valence-corrected chi connectivity index (χ2v) is 7.63. The Morgan fingerprint density at radius 1 is 0.839 bits per heavy atom. The summed E-state index contributed by atoms with van der Waals surface area (Å²) in [6.45, 7) is 0. The Morgan fingerprint density at radius 3 is 2.39 bits per heavy atom. The van der Waals surface area contributed by atoms with Gasteiger partial charge in [-0.3, -0.25) is 4.79 Å². The van der Waals surface area contributed by atoms with Gasteiger partial charge < -0.3 is 10.4 Å². The molecule has 5 nitrogen and oxygen atoms in total. The summed E-state index contributed by atoms with van der Waals surface area (Å²) in [5, 5.41) is 12.4. The number of benzene rings is 3. The number of aromatic nitrogens is 2. The minimum absolute atomic E-state index is 0.173. The first-order valence-corrected chi connectivity index (χ1v) is 10.3. The van der Waals surface area contributed by atoms with Gasteiger partial charge in [-0.2, -0.15) is 0 Å². The highest BCUT2D eigenvalue weighted by atomic mass is 16.3. The lowest BCUT2D eigenvalue weighted by Gasteiger charge is -2.21. The number of carbonyl (C=O) groups is 1. The molecule has 31 heavy (non-hydrogen) atoms. The fraction of sp³-hybridized carbons (Fsp3) is 0.115. The van der Waals surface area contributed by atoms with Gasteiger partial charge in [0.15, 0.2) is 5.82 Å².